The van der Waals surface area contributed by atoms with Crippen LogP contribution in [0.3, 0.4) is 0 Å². The Morgan fingerprint density at radius 1 is 1.50 bits per heavy atom. The van der Waals surface area contributed by atoms with Gasteiger partial charge in [-0.3, -0.25) is 4.79 Å². The fourth-order valence-corrected chi connectivity index (χ4v) is 1.92. The van der Waals surface area contributed by atoms with Crippen molar-refractivity contribution in [2.24, 2.45) is 0 Å². The maximum atomic E-state index is 11.3. The van der Waals surface area contributed by atoms with E-state index in [1.165, 1.54) is 11.1 Å². The molecule has 1 aliphatic rings. The van der Waals surface area contributed by atoms with E-state index in [0.29, 0.717) is 12.3 Å². The molecule has 1 heterocycles. The molecule has 2 rings (SSSR count). The zero-order chi connectivity index (χ0) is 10.1. The van der Waals surface area contributed by atoms with Crippen molar-refractivity contribution in [3.05, 3.63) is 29.3 Å². The van der Waals surface area contributed by atoms with Crippen LogP contribution in [0.2, 0.25) is 0 Å². The molecule has 0 unspecified atom stereocenters. The van der Waals surface area contributed by atoms with Gasteiger partial charge < -0.3 is 4.74 Å². The first-order valence-corrected chi connectivity index (χ1v) is 5.02. The summed E-state index contributed by atoms with van der Waals surface area (Å²) < 4.78 is 5.18. The number of carbonyl (C=O) groups is 1. The molecule has 2 nitrogen and oxygen atoms in total. The van der Waals surface area contributed by atoms with E-state index in [4.69, 9.17) is 4.74 Å². The summed E-state index contributed by atoms with van der Waals surface area (Å²) in [4.78, 5) is 11.3. The van der Waals surface area contributed by atoms with Crippen molar-refractivity contribution in [3.8, 4) is 5.75 Å². The van der Waals surface area contributed by atoms with E-state index in [2.05, 4.69) is 19.9 Å². The Morgan fingerprint density at radius 2 is 2.29 bits per heavy atom. The molecule has 14 heavy (non-hydrogen) atoms. The van der Waals surface area contributed by atoms with Gasteiger partial charge in [-0.1, -0.05) is 24.6 Å². The van der Waals surface area contributed by atoms with Crippen LogP contribution < -0.4 is 4.74 Å². The highest BCUT2D eigenvalue weighted by Crippen LogP contribution is 2.36. The molecule has 0 spiro atoms. The quantitative estimate of drug-likeness (QED) is 0.502. The van der Waals surface area contributed by atoms with Crippen LogP contribution in [0.5, 0.6) is 5.75 Å². The second kappa shape index (κ2) is 3.45. The third-order valence-electron chi connectivity index (χ3n) is 2.73. The monoisotopic (exact) mass is 190 g/mol. The first-order chi connectivity index (χ1) is 6.70. The van der Waals surface area contributed by atoms with E-state index in [1.807, 2.05) is 12.1 Å². The Bertz CT molecular complexity index is 369. The number of carbonyl (C=O) groups excluding carboxylic acids is 1. The fourth-order valence-electron chi connectivity index (χ4n) is 1.92. The molecule has 0 amide bonds. The molecule has 0 fully saturated rings. The lowest BCUT2D eigenvalue weighted by Gasteiger charge is -2.23. The van der Waals surface area contributed by atoms with Crippen LogP contribution in [0.25, 0.3) is 0 Å². The first-order valence-electron chi connectivity index (χ1n) is 5.02. The Kier molecular flexibility index (Phi) is 2.28. The Balaban J connectivity index is 2.46. The minimum absolute atomic E-state index is 0.104. The van der Waals surface area contributed by atoms with E-state index in [-0.39, 0.29) is 5.97 Å². The van der Waals surface area contributed by atoms with Gasteiger partial charge in [0.25, 0.3) is 0 Å². The Morgan fingerprint density at radius 3 is 3.00 bits per heavy atom. The van der Waals surface area contributed by atoms with E-state index < -0.39 is 0 Å². The van der Waals surface area contributed by atoms with Crippen LogP contribution in [0.4, 0.5) is 0 Å². The number of fused-ring (bicyclic) bond motifs is 1. The van der Waals surface area contributed by atoms with Gasteiger partial charge in [0.1, 0.15) is 5.75 Å². The summed E-state index contributed by atoms with van der Waals surface area (Å²) in [5.41, 5.74) is 2.41. The van der Waals surface area contributed by atoms with Gasteiger partial charge in [0.05, 0.1) is 6.42 Å². The van der Waals surface area contributed by atoms with E-state index >= 15 is 0 Å². The molecule has 0 radical (unpaired) electrons. The number of aryl methyl sites for hydroxylation is 1. The molecule has 0 aromatic heterocycles. The number of ether oxygens (including phenoxy) is 1. The predicted molar refractivity (Wildman–Crippen MR) is 54.5 cm³/mol. The van der Waals surface area contributed by atoms with Crippen molar-refractivity contribution in [3.63, 3.8) is 0 Å². The molecular weight excluding hydrogens is 176 g/mol. The van der Waals surface area contributed by atoms with Crippen molar-refractivity contribution in [2.75, 3.05) is 0 Å². The summed E-state index contributed by atoms with van der Waals surface area (Å²) in [5.74, 6) is 0.984. The van der Waals surface area contributed by atoms with Crippen LogP contribution in [-0.4, -0.2) is 5.97 Å². The number of benzene rings is 1. The molecular formula is C12H14O2. The highest BCUT2D eigenvalue weighted by Gasteiger charge is 2.25. The first kappa shape index (κ1) is 9.25. The van der Waals surface area contributed by atoms with Gasteiger partial charge in [-0.05, 0) is 30.9 Å². The molecule has 0 bridgehead atoms. The Hall–Kier alpha value is -1.31. The lowest BCUT2D eigenvalue weighted by molar-refractivity contribution is -0.135. The number of rotatable bonds is 1. The molecule has 0 saturated heterocycles. The predicted octanol–water partition coefficient (Wildman–Crippen LogP) is 2.80. The zero-order valence-electron chi connectivity index (χ0n) is 8.54. The number of esters is 1. The van der Waals surface area contributed by atoms with Gasteiger partial charge in [-0.15, -0.1) is 0 Å². The van der Waals surface area contributed by atoms with Gasteiger partial charge in [-0.25, -0.2) is 0 Å². The smallest absolute Gasteiger partial charge is 0.311 e. The van der Waals surface area contributed by atoms with E-state index in [0.717, 1.165) is 12.2 Å². The van der Waals surface area contributed by atoms with Crippen molar-refractivity contribution >= 4 is 5.97 Å². The summed E-state index contributed by atoms with van der Waals surface area (Å²) >= 11 is 0. The van der Waals surface area contributed by atoms with Crippen LogP contribution >= 0.6 is 0 Å². The molecule has 1 atom stereocenters. The molecule has 1 aliphatic heterocycles. The highest BCUT2D eigenvalue weighted by molar-refractivity contribution is 5.76. The number of hydrogen-bond donors (Lipinski definition) is 0. The molecule has 2 heteroatoms. The minimum Gasteiger partial charge on any atom is -0.426 e. The van der Waals surface area contributed by atoms with Gasteiger partial charge in [0.2, 0.25) is 0 Å². The topological polar surface area (TPSA) is 26.3 Å². The molecule has 0 saturated carbocycles. The maximum absolute atomic E-state index is 11.3. The average molecular weight is 190 g/mol. The van der Waals surface area contributed by atoms with Crippen LogP contribution in [0.15, 0.2) is 18.2 Å². The van der Waals surface area contributed by atoms with Crippen molar-refractivity contribution in [1.82, 2.24) is 0 Å². The summed E-state index contributed by atoms with van der Waals surface area (Å²) in [6.45, 7) is 4.17. The summed E-state index contributed by atoms with van der Waals surface area (Å²) in [6.07, 6.45) is 1.51. The normalized spacial score (nSPS) is 20.1. The summed E-state index contributed by atoms with van der Waals surface area (Å²) in [5, 5.41) is 0. The molecule has 1 aromatic carbocycles. The summed E-state index contributed by atoms with van der Waals surface area (Å²) in [6, 6.07) is 5.99. The molecule has 1 aromatic rings. The van der Waals surface area contributed by atoms with E-state index in [9.17, 15) is 4.79 Å². The van der Waals surface area contributed by atoms with Crippen LogP contribution in [0, 0.1) is 6.92 Å². The largest absolute Gasteiger partial charge is 0.426 e. The van der Waals surface area contributed by atoms with Crippen LogP contribution in [0.1, 0.15) is 36.8 Å². The highest BCUT2D eigenvalue weighted by atomic mass is 16.5. The van der Waals surface area contributed by atoms with Gasteiger partial charge in [0, 0.05) is 0 Å². The lowest BCUT2D eigenvalue weighted by Crippen LogP contribution is -2.19. The standard InChI is InChI=1S/C12H14O2/c1-3-9-7-12(13)14-11-5-4-8(2)6-10(9)11/h4-6,9H,3,7H2,1-2H3/t9-/m1/s1. The third kappa shape index (κ3) is 1.52. The third-order valence-corrected chi connectivity index (χ3v) is 2.73. The summed E-state index contributed by atoms with van der Waals surface area (Å²) in [7, 11) is 0. The maximum Gasteiger partial charge on any atom is 0.311 e. The van der Waals surface area contributed by atoms with Crippen molar-refractivity contribution < 1.29 is 9.53 Å². The molecule has 0 N–H and O–H groups in total. The second-order valence-corrected chi connectivity index (χ2v) is 3.82. The van der Waals surface area contributed by atoms with Crippen molar-refractivity contribution in [1.29, 1.82) is 0 Å². The second-order valence-electron chi connectivity index (χ2n) is 3.82. The van der Waals surface area contributed by atoms with Crippen molar-refractivity contribution in [2.45, 2.75) is 32.6 Å². The molecule has 74 valence electrons. The number of hydrogen-bond acceptors (Lipinski definition) is 2. The van der Waals surface area contributed by atoms with Crippen LogP contribution in [-0.2, 0) is 4.79 Å². The molecule has 0 aliphatic carbocycles. The average Bonchev–Trinajstić information content (AvgIpc) is 2.17. The zero-order valence-corrected chi connectivity index (χ0v) is 8.54. The van der Waals surface area contributed by atoms with Gasteiger partial charge in [0.15, 0.2) is 0 Å². The minimum atomic E-state index is -0.104. The fraction of sp³-hybridized carbons (Fsp3) is 0.417. The lowest BCUT2D eigenvalue weighted by atomic mass is 9.90. The SMILES string of the molecule is CC[C@@H]1CC(=O)Oc2ccc(C)cc21. The van der Waals surface area contributed by atoms with E-state index in [1.54, 1.807) is 0 Å². The van der Waals surface area contributed by atoms with Gasteiger partial charge in [-0.2, -0.15) is 0 Å². The van der Waals surface area contributed by atoms with Gasteiger partial charge >= 0.3 is 5.97 Å². The Labute approximate surface area is 83.9 Å².